The Kier molecular flexibility index (Phi) is 5.51. The first kappa shape index (κ1) is 16.5. The number of thiazole rings is 1. The van der Waals surface area contributed by atoms with Gasteiger partial charge in [-0.25, -0.2) is 4.98 Å². The highest BCUT2D eigenvalue weighted by atomic mass is 32.1. The van der Waals surface area contributed by atoms with Gasteiger partial charge in [-0.05, 0) is 24.5 Å². The van der Waals surface area contributed by atoms with E-state index < -0.39 is 0 Å². The predicted octanol–water partition coefficient (Wildman–Crippen LogP) is 3.45. The molecule has 6 heteroatoms. The molecule has 2 aromatic rings. The van der Waals surface area contributed by atoms with Gasteiger partial charge in [0, 0.05) is 5.38 Å². The molecule has 0 aliphatic carbocycles. The van der Waals surface area contributed by atoms with Crippen LogP contribution in [0.3, 0.4) is 0 Å². The van der Waals surface area contributed by atoms with Crippen molar-refractivity contribution in [2.45, 2.75) is 26.3 Å². The average Bonchev–Trinajstić information content (AvgIpc) is 2.97. The van der Waals surface area contributed by atoms with Gasteiger partial charge >= 0.3 is 0 Å². The summed E-state index contributed by atoms with van der Waals surface area (Å²) in [6.07, 6.45) is 0.848. The highest BCUT2D eigenvalue weighted by Crippen LogP contribution is 2.25. The van der Waals surface area contributed by atoms with Gasteiger partial charge in [0.25, 0.3) is 5.91 Å². The molecule has 1 aromatic heterocycles. The number of nitrogens with one attached hydrogen (secondary N) is 1. The van der Waals surface area contributed by atoms with Crippen molar-refractivity contribution in [2.75, 3.05) is 12.4 Å². The maximum Gasteiger partial charge on any atom is 0.275 e. The minimum atomic E-state index is -0.260. The Balaban J connectivity index is 2.09. The normalized spacial score (nSPS) is 12.2. The lowest BCUT2D eigenvalue weighted by Crippen LogP contribution is -2.15. The maximum atomic E-state index is 12.3. The standard InChI is InChI=1S/C16H21N3O2S/c1-10(2)8-11(17)16-19-13(9-22-16)15(20)18-12-6-4-5-7-14(12)21-3/h4-7,9-11H,8,17H2,1-3H3,(H,18,20). The number of hydrogen-bond acceptors (Lipinski definition) is 5. The van der Waals surface area contributed by atoms with E-state index in [1.165, 1.54) is 11.3 Å². The lowest BCUT2D eigenvalue weighted by Gasteiger charge is -2.10. The summed E-state index contributed by atoms with van der Waals surface area (Å²) in [7, 11) is 1.57. The summed E-state index contributed by atoms with van der Waals surface area (Å²) >= 11 is 1.42. The van der Waals surface area contributed by atoms with E-state index in [0.717, 1.165) is 11.4 Å². The summed E-state index contributed by atoms with van der Waals surface area (Å²) in [5.41, 5.74) is 7.10. The van der Waals surface area contributed by atoms with E-state index in [0.29, 0.717) is 23.0 Å². The molecule has 118 valence electrons. The van der Waals surface area contributed by atoms with Crippen molar-refractivity contribution in [3.05, 3.63) is 40.3 Å². The fourth-order valence-electron chi connectivity index (χ4n) is 2.11. The van der Waals surface area contributed by atoms with Crippen LogP contribution in [0, 0.1) is 5.92 Å². The Morgan fingerprint density at radius 1 is 1.41 bits per heavy atom. The fraction of sp³-hybridized carbons (Fsp3) is 0.375. The summed E-state index contributed by atoms with van der Waals surface area (Å²) in [5, 5.41) is 5.34. The third-order valence-electron chi connectivity index (χ3n) is 3.15. The molecule has 0 fully saturated rings. The SMILES string of the molecule is COc1ccccc1NC(=O)c1csc(C(N)CC(C)C)n1. The summed E-state index contributed by atoms with van der Waals surface area (Å²) < 4.78 is 5.22. The lowest BCUT2D eigenvalue weighted by atomic mass is 10.1. The van der Waals surface area contributed by atoms with Crippen molar-refractivity contribution in [1.82, 2.24) is 4.98 Å². The molecule has 22 heavy (non-hydrogen) atoms. The number of carbonyl (C=O) groups excluding carboxylic acids is 1. The average molecular weight is 319 g/mol. The minimum absolute atomic E-state index is 0.127. The highest BCUT2D eigenvalue weighted by molar-refractivity contribution is 7.09. The molecular weight excluding hydrogens is 298 g/mol. The minimum Gasteiger partial charge on any atom is -0.495 e. The van der Waals surface area contributed by atoms with Crippen molar-refractivity contribution in [1.29, 1.82) is 0 Å². The summed E-state index contributed by atoms with van der Waals surface area (Å²) in [6.45, 7) is 4.23. The molecular formula is C16H21N3O2S. The van der Waals surface area contributed by atoms with Crippen molar-refractivity contribution in [2.24, 2.45) is 11.7 Å². The Bertz CT molecular complexity index is 640. The number of para-hydroxylation sites is 2. The molecule has 1 heterocycles. The topological polar surface area (TPSA) is 77.2 Å². The smallest absolute Gasteiger partial charge is 0.275 e. The van der Waals surface area contributed by atoms with Gasteiger partial charge in [0.2, 0.25) is 0 Å². The number of carbonyl (C=O) groups is 1. The predicted molar refractivity (Wildman–Crippen MR) is 89.4 cm³/mol. The number of methoxy groups -OCH3 is 1. The molecule has 0 saturated heterocycles. The molecule has 0 radical (unpaired) electrons. The lowest BCUT2D eigenvalue weighted by molar-refractivity contribution is 0.102. The molecule has 0 bridgehead atoms. The second-order valence-electron chi connectivity index (χ2n) is 5.46. The number of benzene rings is 1. The van der Waals surface area contributed by atoms with Gasteiger partial charge in [-0.3, -0.25) is 4.79 Å². The number of aromatic nitrogens is 1. The molecule has 0 saturated carbocycles. The van der Waals surface area contributed by atoms with Crippen LogP contribution in [-0.2, 0) is 0 Å². The number of amides is 1. The summed E-state index contributed by atoms with van der Waals surface area (Å²) in [4.78, 5) is 16.6. The number of hydrogen-bond donors (Lipinski definition) is 2. The third-order valence-corrected chi connectivity index (χ3v) is 4.13. The molecule has 1 amide bonds. The van der Waals surface area contributed by atoms with Crippen LogP contribution >= 0.6 is 11.3 Å². The summed E-state index contributed by atoms with van der Waals surface area (Å²) in [6, 6.07) is 7.14. The van der Waals surface area contributed by atoms with Crippen molar-refractivity contribution in [3.8, 4) is 5.75 Å². The molecule has 0 spiro atoms. The monoisotopic (exact) mass is 319 g/mol. The first-order chi connectivity index (χ1) is 10.5. The Morgan fingerprint density at radius 2 is 2.14 bits per heavy atom. The van der Waals surface area contributed by atoms with Crippen LogP contribution < -0.4 is 15.8 Å². The van der Waals surface area contributed by atoms with Crippen LogP contribution in [-0.4, -0.2) is 18.0 Å². The molecule has 3 N–H and O–H groups in total. The second-order valence-corrected chi connectivity index (χ2v) is 6.35. The number of rotatable bonds is 6. The largest absolute Gasteiger partial charge is 0.495 e. The van der Waals surface area contributed by atoms with Crippen LogP contribution in [0.4, 0.5) is 5.69 Å². The molecule has 0 aliphatic heterocycles. The zero-order chi connectivity index (χ0) is 16.1. The van der Waals surface area contributed by atoms with Crippen LogP contribution in [0.15, 0.2) is 29.6 Å². The van der Waals surface area contributed by atoms with Crippen LogP contribution in [0.2, 0.25) is 0 Å². The zero-order valence-corrected chi connectivity index (χ0v) is 13.8. The third kappa shape index (κ3) is 4.05. The van der Waals surface area contributed by atoms with E-state index in [4.69, 9.17) is 10.5 Å². The highest BCUT2D eigenvalue weighted by Gasteiger charge is 2.17. The quantitative estimate of drug-likeness (QED) is 0.855. The maximum absolute atomic E-state index is 12.3. The number of nitrogens with two attached hydrogens (primary N) is 1. The molecule has 1 atom stereocenters. The van der Waals surface area contributed by atoms with Crippen molar-refractivity contribution in [3.63, 3.8) is 0 Å². The Labute approximate surface area is 134 Å². The Hall–Kier alpha value is -1.92. The fourth-order valence-corrected chi connectivity index (χ4v) is 2.92. The van der Waals surface area contributed by atoms with Gasteiger partial charge in [0.05, 0.1) is 18.8 Å². The molecule has 1 aromatic carbocycles. The molecule has 1 unspecified atom stereocenters. The van der Waals surface area contributed by atoms with E-state index >= 15 is 0 Å². The summed E-state index contributed by atoms with van der Waals surface area (Å²) in [5.74, 6) is 0.844. The zero-order valence-electron chi connectivity index (χ0n) is 13.0. The van der Waals surface area contributed by atoms with E-state index in [9.17, 15) is 4.79 Å². The van der Waals surface area contributed by atoms with E-state index in [-0.39, 0.29) is 11.9 Å². The van der Waals surface area contributed by atoms with Crippen LogP contribution in [0.5, 0.6) is 5.75 Å². The molecule has 2 rings (SSSR count). The number of nitrogens with zero attached hydrogens (tertiary/aromatic N) is 1. The Morgan fingerprint density at radius 3 is 2.82 bits per heavy atom. The molecule has 5 nitrogen and oxygen atoms in total. The second kappa shape index (κ2) is 7.38. The van der Waals surface area contributed by atoms with Crippen molar-refractivity contribution >= 4 is 22.9 Å². The van der Waals surface area contributed by atoms with E-state index in [1.54, 1.807) is 24.6 Å². The number of ether oxygens (including phenoxy) is 1. The van der Waals surface area contributed by atoms with Gasteiger partial charge in [-0.15, -0.1) is 11.3 Å². The van der Waals surface area contributed by atoms with Gasteiger partial charge in [0.15, 0.2) is 0 Å². The first-order valence-corrected chi connectivity index (χ1v) is 8.04. The van der Waals surface area contributed by atoms with Gasteiger partial charge in [-0.2, -0.15) is 0 Å². The first-order valence-electron chi connectivity index (χ1n) is 7.16. The van der Waals surface area contributed by atoms with Gasteiger partial charge in [0.1, 0.15) is 16.5 Å². The van der Waals surface area contributed by atoms with E-state index in [1.807, 2.05) is 12.1 Å². The van der Waals surface area contributed by atoms with E-state index in [2.05, 4.69) is 24.1 Å². The van der Waals surface area contributed by atoms with Crippen LogP contribution in [0.1, 0.15) is 41.8 Å². The number of anilines is 1. The van der Waals surface area contributed by atoms with Gasteiger partial charge in [-0.1, -0.05) is 26.0 Å². The van der Waals surface area contributed by atoms with Crippen molar-refractivity contribution < 1.29 is 9.53 Å². The van der Waals surface area contributed by atoms with Crippen LogP contribution in [0.25, 0.3) is 0 Å². The molecule has 0 aliphatic rings. The van der Waals surface area contributed by atoms with Gasteiger partial charge < -0.3 is 15.8 Å².